The van der Waals surface area contributed by atoms with E-state index in [1.54, 1.807) is 12.3 Å². The molecule has 0 N–H and O–H groups in total. The van der Waals surface area contributed by atoms with E-state index >= 15 is 0 Å². The van der Waals surface area contributed by atoms with Crippen molar-refractivity contribution >= 4 is 28.9 Å². The third-order valence-corrected chi connectivity index (χ3v) is 5.17. The number of hydrogen-bond donors (Lipinski definition) is 0. The molecule has 0 atom stereocenters. The Morgan fingerprint density at radius 1 is 1.40 bits per heavy atom. The van der Waals surface area contributed by atoms with E-state index in [1.165, 1.54) is 18.4 Å². The van der Waals surface area contributed by atoms with E-state index in [0.29, 0.717) is 36.3 Å². The van der Waals surface area contributed by atoms with Gasteiger partial charge in [-0.3, -0.25) is 4.90 Å². The summed E-state index contributed by atoms with van der Waals surface area (Å²) in [6.07, 6.45) is 1.77. The fourth-order valence-electron chi connectivity index (χ4n) is 2.47. The number of methoxy groups -OCH3 is 1. The van der Waals surface area contributed by atoms with Crippen molar-refractivity contribution in [3.63, 3.8) is 0 Å². The molecule has 2 heterocycles. The summed E-state index contributed by atoms with van der Waals surface area (Å²) >= 11 is 7.94. The Kier molecular flexibility index (Phi) is 5.90. The molecule has 2 aromatic rings. The van der Waals surface area contributed by atoms with Crippen molar-refractivity contribution in [1.29, 1.82) is 0 Å². The van der Waals surface area contributed by atoms with Gasteiger partial charge in [0.1, 0.15) is 17.5 Å². The van der Waals surface area contributed by atoms with Crippen LogP contribution in [0.2, 0.25) is 5.02 Å². The Labute approximate surface area is 155 Å². The zero-order chi connectivity index (χ0) is 17.8. The summed E-state index contributed by atoms with van der Waals surface area (Å²) in [5.41, 5.74) is 0.936. The van der Waals surface area contributed by atoms with Crippen LogP contribution in [0.25, 0.3) is 10.6 Å². The monoisotopic (exact) mass is 382 g/mol. The molecule has 6 nitrogen and oxygen atoms in total. The van der Waals surface area contributed by atoms with Crippen molar-refractivity contribution in [2.24, 2.45) is 0 Å². The summed E-state index contributed by atoms with van der Waals surface area (Å²) in [7, 11) is 1.33. The van der Waals surface area contributed by atoms with E-state index in [0.717, 1.165) is 23.0 Å². The van der Waals surface area contributed by atoms with E-state index in [2.05, 4.69) is 9.88 Å². The van der Waals surface area contributed by atoms with Gasteiger partial charge in [0.25, 0.3) is 0 Å². The quantitative estimate of drug-likeness (QED) is 0.740. The Balaban J connectivity index is 1.90. The maximum atomic E-state index is 12.1. The average Bonchev–Trinajstić information content (AvgIpc) is 3.07. The number of benzene rings is 1. The van der Waals surface area contributed by atoms with E-state index in [4.69, 9.17) is 25.8 Å². The first-order valence-corrected chi connectivity index (χ1v) is 9.05. The van der Waals surface area contributed by atoms with Crippen molar-refractivity contribution in [3.05, 3.63) is 33.8 Å². The van der Waals surface area contributed by atoms with Crippen LogP contribution in [0, 0.1) is 6.92 Å². The number of carbonyl (C=O) groups excluding carboxylic acids is 1. The summed E-state index contributed by atoms with van der Waals surface area (Å²) in [6, 6.07) is 3.42. The third kappa shape index (κ3) is 4.30. The van der Waals surface area contributed by atoms with Crippen LogP contribution in [0.5, 0.6) is 5.75 Å². The van der Waals surface area contributed by atoms with Crippen molar-refractivity contribution in [2.75, 3.05) is 40.1 Å². The molecule has 0 saturated carbocycles. The molecule has 1 aromatic heterocycles. The highest BCUT2D eigenvalue weighted by Crippen LogP contribution is 2.37. The molecule has 8 heteroatoms. The van der Waals surface area contributed by atoms with E-state index in [1.807, 2.05) is 13.0 Å². The first-order chi connectivity index (χ1) is 12.1. The van der Waals surface area contributed by atoms with Gasteiger partial charge in [-0.05, 0) is 19.1 Å². The summed E-state index contributed by atoms with van der Waals surface area (Å²) in [6.45, 7) is 5.41. The van der Waals surface area contributed by atoms with Gasteiger partial charge in [-0.2, -0.15) is 0 Å². The highest BCUT2D eigenvalue weighted by Gasteiger charge is 2.20. The largest absolute Gasteiger partial charge is 0.478 e. The molecule has 25 heavy (non-hydrogen) atoms. The van der Waals surface area contributed by atoms with Crippen LogP contribution in [-0.2, 0) is 9.47 Å². The molecule has 1 fully saturated rings. The lowest BCUT2D eigenvalue weighted by molar-refractivity contribution is 0.00406. The molecule has 1 aliphatic rings. The van der Waals surface area contributed by atoms with Crippen molar-refractivity contribution < 1.29 is 19.0 Å². The number of rotatable bonds is 5. The fraction of sp³-hybridized carbons (Fsp3) is 0.412. The molecule has 3 rings (SSSR count). The predicted molar refractivity (Wildman–Crippen MR) is 96.5 cm³/mol. The third-order valence-electron chi connectivity index (χ3n) is 3.82. The first kappa shape index (κ1) is 18.1. The molecule has 0 bridgehead atoms. The minimum absolute atomic E-state index is 0.270. The van der Waals surface area contributed by atoms with Crippen LogP contribution in [-0.4, -0.2) is 56.0 Å². The Morgan fingerprint density at radius 2 is 2.16 bits per heavy atom. The Morgan fingerprint density at radius 3 is 2.80 bits per heavy atom. The zero-order valence-corrected chi connectivity index (χ0v) is 15.7. The standard InChI is InChI=1S/C17H19ClN2O4S/c1-11-9-19-16(25-11)13-7-12(8-14(15(13)18)17(21)22-2)24-10-20-3-5-23-6-4-20/h7-9H,3-6,10H2,1-2H3. The number of morpholine rings is 1. The van der Waals surface area contributed by atoms with Gasteiger partial charge >= 0.3 is 5.97 Å². The molecule has 1 aliphatic heterocycles. The minimum Gasteiger partial charge on any atom is -0.478 e. The van der Waals surface area contributed by atoms with Crippen LogP contribution in [0.1, 0.15) is 15.2 Å². The topological polar surface area (TPSA) is 60.9 Å². The second-order valence-corrected chi connectivity index (χ2v) is 7.22. The lowest BCUT2D eigenvalue weighted by Gasteiger charge is -2.26. The second-order valence-electron chi connectivity index (χ2n) is 5.60. The van der Waals surface area contributed by atoms with Gasteiger partial charge in [-0.1, -0.05) is 11.6 Å². The van der Waals surface area contributed by atoms with Crippen LogP contribution < -0.4 is 4.74 Å². The van der Waals surface area contributed by atoms with Gasteiger partial charge in [0.15, 0.2) is 0 Å². The van der Waals surface area contributed by atoms with E-state index in [-0.39, 0.29) is 5.56 Å². The minimum atomic E-state index is -0.503. The first-order valence-electron chi connectivity index (χ1n) is 7.86. The molecule has 0 unspecified atom stereocenters. The number of aromatic nitrogens is 1. The van der Waals surface area contributed by atoms with Gasteiger partial charge in [0.2, 0.25) is 0 Å². The maximum absolute atomic E-state index is 12.1. The van der Waals surface area contributed by atoms with Gasteiger partial charge in [-0.15, -0.1) is 11.3 Å². The second kappa shape index (κ2) is 8.14. The summed E-state index contributed by atoms with van der Waals surface area (Å²) in [4.78, 5) is 19.6. The van der Waals surface area contributed by atoms with Crippen LogP contribution in [0.4, 0.5) is 0 Å². The highest BCUT2D eigenvalue weighted by molar-refractivity contribution is 7.15. The molecule has 0 radical (unpaired) electrons. The molecule has 0 aliphatic carbocycles. The van der Waals surface area contributed by atoms with Gasteiger partial charge < -0.3 is 14.2 Å². The lowest BCUT2D eigenvalue weighted by Crippen LogP contribution is -2.38. The number of ether oxygens (including phenoxy) is 3. The van der Waals surface area contributed by atoms with Gasteiger partial charge in [-0.25, -0.2) is 9.78 Å². The Hall–Kier alpha value is -1.67. The summed E-state index contributed by atoms with van der Waals surface area (Å²) < 4.78 is 16.1. The molecular formula is C17H19ClN2O4S. The summed E-state index contributed by atoms with van der Waals surface area (Å²) in [5.74, 6) is 0.0514. The molecule has 0 spiro atoms. The lowest BCUT2D eigenvalue weighted by atomic mass is 10.1. The van der Waals surface area contributed by atoms with Crippen molar-refractivity contribution in [1.82, 2.24) is 9.88 Å². The van der Waals surface area contributed by atoms with Gasteiger partial charge in [0, 0.05) is 29.7 Å². The smallest absolute Gasteiger partial charge is 0.339 e. The van der Waals surface area contributed by atoms with E-state index < -0.39 is 5.97 Å². The highest BCUT2D eigenvalue weighted by atomic mass is 35.5. The molecule has 0 amide bonds. The zero-order valence-electron chi connectivity index (χ0n) is 14.1. The number of esters is 1. The predicted octanol–water partition coefficient (Wildman–Crippen LogP) is 3.23. The van der Waals surface area contributed by atoms with Crippen molar-refractivity contribution in [3.8, 4) is 16.3 Å². The van der Waals surface area contributed by atoms with Gasteiger partial charge in [0.05, 0.1) is 30.9 Å². The number of carbonyl (C=O) groups is 1. The Bertz CT molecular complexity index is 759. The maximum Gasteiger partial charge on any atom is 0.339 e. The van der Waals surface area contributed by atoms with Crippen LogP contribution >= 0.6 is 22.9 Å². The number of thiazole rings is 1. The molecule has 134 valence electrons. The normalized spacial score (nSPS) is 15.2. The number of hydrogen-bond acceptors (Lipinski definition) is 7. The van der Waals surface area contributed by atoms with Crippen LogP contribution in [0.15, 0.2) is 18.3 Å². The average molecular weight is 383 g/mol. The van der Waals surface area contributed by atoms with E-state index in [9.17, 15) is 4.79 Å². The number of halogens is 1. The SMILES string of the molecule is COC(=O)c1cc(OCN2CCOCC2)cc(-c2ncc(C)s2)c1Cl. The molecule has 1 saturated heterocycles. The number of aryl methyl sites for hydroxylation is 1. The van der Waals surface area contributed by atoms with Crippen molar-refractivity contribution in [2.45, 2.75) is 6.92 Å². The fourth-order valence-corrected chi connectivity index (χ4v) is 3.59. The molecular weight excluding hydrogens is 364 g/mol. The van der Waals surface area contributed by atoms with Crippen LogP contribution in [0.3, 0.4) is 0 Å². The molecule has 1 aromatic carbocycles. The summed E-state index contributed by atoms with van der Waals surface area (Å²) in [5, 5.41) is 1.06. The number of nitrogens with zero attached hydrogens (tertiary/aromatic N) is 2.